The second-order valence-corrected chi connectivity index (χ2v) is 1.24. The van der Waals surface area contributed by atoms with Crippen molar-refractivity contribution >= 4 is 0 Å². The third kappa shape index (κ3) is 0.734. The molecule has 0 aliphatic carbocycles. The Balaban J connectivity index is 2.76. The molecular weight excluding hydrogens is 92.1 g/mol. The zero-order valence-electron chi connectivity index (χ0n) is 4.10. The first-order chi connectivity index (χ1) is 3.43. The standard InChI is InChI=1S/C3H6N4/c1-2-3-4-6-7-5-3/h2H2,1H3,(H,4,5,6,7)/p+1. The lowest BCUT2D eigenvalue weighted by atomic mass is 10.5. The summed E-state index contributed by atoms with van der Waals surface area (Å²) >= 11 is 0. The van der Waals surface area contributed by atoms with E-state index in [9.17, 15) is 0 Å². The predicted octanol–water partition coefficient (Wildman–Crippen LogP) is -0.819. The number of nitrogens with one attached hydrogen (secondary N) is 2. The van der Waals surface area contributed by atoms with Gasteiger partial charge in [-0.2, -0.15) is 5.10 Å². The predicted molar refractivity (Wildman–Crippen MR) is 22.3 cm³/mol. The molecule has 1 heterocycles. The van der Waals surface area contributed by atoms with Crippen LogP contribution in [0.2, 0.25) is 0 Å². The zero-order valence-corrected chi connectivity index (χ0v) is 4.10. The normalized spacial score (nSPS) is 9.29. The van der Waals surface area contributed by atoms with E-state index in [-0.39, 0.29) is 0 Å². The van der Waals surface area contributed by atoms with E-state index in [1.54, 1.807) is 0 Å². The molecule has 0 unspecified atom stereocenters. The van der Waals surface area contributed by atoms with E-state index >= 15 is 0 Å². The molecule has 0 saturated heterocycles. The summed E-state index contributed by atoms with van der Waals surface area (Å²) in [4.78, 5) is 0. The Morgan fingerprint density at radius 2 is 2.71 bits per heavy atom. The largest absolute Gasteiger partial charge is 0.297 e. The Labute approximate surface area is 40.9 Å². The summed E-state index contributed by atoms with van der Waals surface area (Å²) in [5.41, 5.74) is 0. The van der Waals surface area contributed by atoms with Crippen LogP contribution in [0.5, 0.6) is 0 Å². The molecule has 38 valence electrons. The van der Waals surface area contributed by atoms with Crippen molar-refractivity contribution in [1.29, 1.82) is 0 Å². The maximum atomic E-state index is 3.67. The molecule has 1 aromatic rings. The van der Waals surface area contributed by atoms with Crippen LogP contribution in [0.25, 0.3) is 0 Å². The average molecular weight is 99.1 g/mol. The van der Waals surface area contributed by atoms with E-state index in [0.717, 1.165) is 12.2 Å². The summed E-state index contributed by atoms with van der Waals surface area (Å²) in [7, 11) is 0. The molecule has 0 bridgehead atoms. The molecule has 1 aromatic heterocycles. The Morgan fingerprint density at radius 3 is 3.00 bits per heavy atom. The Kier molecular flexibility index (Phi) is 1.02. The summed E-state index contributed by atoms with van der Waals surface area (Å²) in [5.74, 6) is 0.889. The fourth-order valence-corrected chi connectivity index (χ4v) is 0.359. The molecule has 0 atom stereocenters. The fourth-order valence-electron chi connectivity index (χ4n) is 0.359. The summed E-state index contributed by atoms with van der Waals surface area (Å²) in [6.07, 6.45) is 0.899. The van der Waals surface area contributed by atoms with Gasteiger partial charge in [-0.25, -0.2) is 0 Å². The molecule has 0 radical (unpaired) electrons. The number of tetrazole rings is 1. The molecule has 7 heavy (non-hydrogen) atoms. The van der Waals surface area contributed by atoms with E-state index in [2.05, 4.69) is 20.6 Å². The molecule has 1 rings (SSSR count). The molecule has 0 saturated carbocycles. The minimum Gasteiger partial charge on any atom is -0.176 e. The highest BCUT2D eigenvalue weighted by Crippen LogP contribution is 1.73. The van der Waals surface area contributed by atoms with Gasteiger partial charge >= 0.3 is 0 Å². The number of rotatable bonds is 1. The number of hydrogen-bond donors (Lipinski definition) is 1. The van der Waals surface area contributed by atoms with Crippen molar-refractivity contribution in [3.05, 3.63) is 5.82 Å². The van der Waals surface area contributed by atoms with Crippen LogP contribution < -0.4 is 5.10 Å². The van der Waals surface area contributed by atoms with Crippen LogP contribution in [-0.2, 0) is 6.42 Å². The molecule has 2 N–H and O–H groups in total. The molecule has 0 spiro atoms. The third-order valence-electron chi connectivity index (χ3n) is 0.756. The quantitative estimate of drug-likeness (QED) is 0.500. The van der Waals surface area contributed by atoms with Crippen LogP contribution in [0, 0.1) is 0 Å². The minimum atomic E-state index is 0.889. The second-order valence-electron chi connectivity index (χ2n) is 1.24. The Bertz CT molecular complexity index is 121. The molecule has 0 aliphatic rings. The SMILES string of the molecule is CCc1nn[nH][nH+]1. The van der Waals surface area contributed by atoms with Gasteiger partial charge in [0.15, 0.2) is 5.21 Å². The van der Waals surface area contributed by atoms with Crippen LogP contribution in [0.1, 0.15) is 12.7 Å². The van der Waals surface area contributed by atoms with E-state index in [0.29, 0.717) is 0 Å². The first-order valence-electron chi connectivity index (χ1n) is 2.21. The van der Waals surface area contributed by atoms with E-state index in [1.165, 1.54) is 0 Å². The van der Waals surface area contributed by atoms with Gasteiger partial charge in [-0.3, -0.25) is 0 Å². The molecule has 4 nitrogen and oxygen atoms in total. The number of aromatic amines is 2. The molecule has 0 fully saturated rings. The lowest BCUT2D eigenvalue weighted by molar-refractivity contribution is -0.466. The van der Waals surface area contributed by atoms with Crippen LogP contribution >= 0.6 is 0 Å². The zero-order chi connectivity index (χ0) is 5.11. The smallest absolute Gasteiger partial charge is 0.176 e. The van der Waals surface area contributed by atoms with Gasteiger partial charge in [0.2, 0.25) is 0 Å². The van der Waals surface area contributed by atoms with Crippen LogP contribution in [0.4, 0.5) is 0 Å². The molecule has 0 amide bonds. The summed E-state index contributed by atoms with van der Waals surface area (Å²) in [6.45, 7) is 2.01. The molecule has 4 heteroatoms. The van der Waals surface area contributed by atoms with Gasteiger partial charge < -0.3 is 0 Å². The highest BCUT2D eigenvalue weighted by atomic mass is 15.5. The van der Waals surface area contributed by atoms with Crippen molar-refractivity contribution in [2.45, 2.75) is 13.3 Å². The topological polar surface area (TPSA) is 55.7 Å². The minimum absolute atomic E-state index is 0.889. The number of hydrogen-bond acceptors (Lipinski definition) is 2. The van der Waals surface area contributed by atoms with Gasteiger partial charge in [-0.05, 0) is 0 Å². The number of nitrogens with zero attached hydrogens (tertiary/aromatic N) is 2. The summed E-state index contributed by atoms with van der Waals surface area (Å²) in [6, 6.07) is 0. The first kappa shape index (κ1) is 4.23. The molecule has 0 aliphatic heterocycles. The maximum absolute atomic E-state index is 3.67. The number of aryl methyl sites for hydroxylation is 1. The van der Waals surface area contributed by atoms with Gasteiger partial charge in [-0.15, -0.1) is 0 Å². The van der Waals surface area contributed by atoms with Crippen LogP contribution in [0.3, 0.4) is 0 Å². The Morgan fingerprint density at radius 1 is 1.86 bits per heavy atom. The van der Waals surface area contributed by atoms with Crippen molar-refractivity contribution < 1.29 is 5.10 Å². The molecular formula is C3H7N4+. The fraction of sp³-hybridized carbons (Fsp3) is 0.667. The van der Waals surface area contributed by atoms with Crippen molar-refractivity contribution in [1.82, 2.24) is 15.5 Å². The average Bonchev–Trinajstić information content (AvgIpc) is 2.14. The maximum Gasteiger partial charge on any atom is 0.297 e. The lowest BCUT2D eigenvalue weighted by Crippen LogP contribution is -2.07. The molecule has 0 aromatic carbocycles. The highest BCUT2D eigenvalue weighted by Gasteiger charge is 1.97. The third-order valence-corrected chi connectivity index (χ3v) is 0.756. The first-order valence-corrected chi connectivity index (χ1v) is 2.21. The van der Waals surface area contributed by atoms with Crippen LogP contribution in [-0.4, -0.2) is 15.5 Å². The van der Waals surface area contributed by atoms with Gasteiger partial charge in [0.05, 0.1) is 0 Å². The van der Waals surface area contributed by atoms with Crippen molar-refractivity contribution in [3.63, 3.8) is 0 Å². The van der Waals surface area contributed by atoms with Gasteiger partial charge in [-0.1, -0.05) is 12.1 Å². The lowest BCUT2D eigenvalue weighted by Gasteiger charge is -1.65. The van der Waals surface area contributed by atoms with Crippen molar-refractivity contribution in [2.75, 3.05) is 0 Å². The highest BCUT2D eigenvalue weighted by molar-refractivity contribution is 4.61. The van der Waals surface area contributed by atoms with Crippen molar-refractivity contribution in [3.8, 4) is 0 Å². The van der Waals surface area contributed by atoms with Gasteiger partial charge in [0.1, 0.15) is 5.10 Å². The van der Waals surface area contributed by atoms with Gasteiger partial charge in [0, 0.05) is 6.42 Å². The number of H-pyrrole nitrogens is 2. The van der Waals surface area contributed by atoms with E-state index in [4.69, 9.17) is 0 Å². The summed E-state index contributed by atoms with van der Waals surface area (Å²) in [5, 5.41) is 12.4. The number of aromatic nitrogens is 4. The van der Waals surface area contributed by atoms with Crippen molar-refractivity contribution in [2.24, 2.45) is 0 Å². The van der Waals surface area contributed by atoms with E-state index < -0.39 is 0 Å². The van der Waals surface area contributed by atoms with Crippen LogP contribution in [0.15, 0.2) is 0 Å². The monoisotopic (exact) mass is 99.1 g/mol. The second kappa shape index (κ2) is 1.68. The van der Waals surface area contributed by atoms with Gasteiger partial charge in [0.25, 0.3) is 5.82 Å². The Hall–Kier alpha value is -0.930. The van der Waals surface area contributed by atoms with E-state index in [1.807, 2.05) is 6.92 Å². The summed E-state index contributed by atoms with van der Waals surface area (Å²) < 4.78 is 0.